The molecule has 6 heteroatoms. The van der Waals surface area contributed by atoms with Gasteiger partial charge in [0.15, 0.2) is 5.60 Å². The number of nitrogens with zero attached hydrogens (tertiary/aromatic N) is 1. The van der Waals surface area contributed by atoms with Gasteiger partial charge in [0.05, 0.1) is 6.54 Å². The monoisotopic (exact) mass is 216 g/mol. The Kier molecular flexibility index (Phi) is 4.02. The fourth-order valence-electron chi connectivity index (χ4n) is 2.01. The van der Waals surface area contributed by atoms with Crippen LogP contribution in [0.15, 0.2) is 0 Å². The van der Waals surface area contributed by atoms with Crippen LogP contribution in [0, 0.1) is 10.1 Å². The molecule has 1 aliphatic carbocycles. The molecule has 0 aromatic carbocycles. The van der Waals surface area contributed by atoms with Crippen molar-refractivity contribution in [3.05, 3.63) is 10.1 Å². The maximum Gasteiger partial charge on any atom is 0.320 e. The number of rotatable bonds is 4. The number of carbonyl (C=O) groups excluding carboxylic acids is 1. The summed E-state index contributed by atoms with van der Waals surface area (Å²) in [5.74, 6) is -0.557. The normalized spacial score (nSPS) is 19.5. The van der Waals surface area contributed by atoms with Gasteiger partial charge in [0.25, 0.3) is 0 Å². The van der Waals surface area contributed by atoms with E-state index in [9.17, 15) is 14.9 Å². The predicted octanol–water partition coefficient (Wildman–Crippen LogP) is 0.468. The molecule has 0 spiro atoms. The summed E-state index contributed by atoms with van der Waals surface area (Å²) < 4.78 is 5.13. The van der Waals surface area contributed by atoms with E-state index in [4.69, 9.17) is 10.5 Å². The fraction of sp³-hybridized carbons (Fsp3) is 0.889. The Morgan fingerprint density at radius 2 is 2.00 bits per heavy atom. The van der Waals surface area contributed by atoms with Crippen molar-refractivity contribution in [2.45, 2.75) is 37.7 Å². The summed E-state index contributed by atoms with van der Waals surface area (Å²) in [4.78, 5) is 21.2. The molecule has 0 aliphatic heterocycles. The van der Waals surface area contributed by atoms with Crippen molar-refractivity contribution >= 4 is 5.97 Å². The third-order valence-corrected chi connectivity index (χ3v) is 2.68. The molecule has 0 atom stereocenters. The summed E-state index contributed by atoms with van der Waals surface area (Å²) in [6.45, 7) is -0.530. The van der Waals surface area contributed by atoms with Crippen LogP contribution in [-0.4, -0.2) is 29.6 Å². The van der Waals surface area contributed by atoms with Crippen LogP contribution in [0.3, 0.4) is 0 Å². The third-order valence-electron chi connectivity index (χ3n) is 2.68. The molecule has 0 saturated heterocycles. The molecule has 86 valence electrons. The van der Waals surface area contributed by atoms with Crippen LogP contribution >= 0.6 is 0 Å². The van der Waals surface area contributed by atoms with Crippen LogP contribution in [0.1, 0.15) is 32.1 Å². The minimum Gasteiger partial charge on any atom is -0.451 e. The SMILES string of the molecule is NCC(=O)OC1(C[N+](=O)[O-])CCCCC1. The molecule has 6 nitrogen and oxygen atoms in total. The van der Waals surface area contributed by atoms with Crippen LogP contribution in [0.4, 0.5) is 0 Å². The van der Waals surface area contributed by atoms with E-state index in [1.165, 1.54) is 0 Å². The molecule has 1 rings (SSSR count). The Balaban J connectivity index is 2.65. The number of carbonyl (C=O) groups is 1. The first-order valence-electron chi connectivity index (χ1n) is 5.12. The summed E-state index contributed by atoms with van der Waals surface area (Å²) in [6, 6.07) is 0. The van der Waals surface area contributed by atoms with Crippen LogP contribution in [0.25, 0.3) is 0 Å². The average Bonchev–Trinajstić information content (AvgIpc) is 2.17. The molecule has 1 aliphatic rings. The molecule has 2 N–H and O–H groups in total. The first kappa shape index (κ1) is 11.9. The molecule has 0 aromatic rings. The number of ether oxygens (including phenoxy) is 1. The highest BCUT2D eigenvalue weighted by molar-refractivity contribution is 5.71. The number of nitrogens with two attached hydrogens (primary N) is 1. The number of hydrogen-bond donors (Lipinski definition) is 1. The van der Waals surface area contributed by atoms with E-state index in [1.807, 2.05) is 0 Å². The molecular formula is C9H16N2O4. The van der Waals surface area contributed by atoms with Crippen LogP contribution < -0.4 is 5.73 Å². The predicted molar refractivity (Wildman–Crippen MR) is 52.8 cm³/mol. The zero-order chi connectivity index (χ0) is 11.3. The van der Waals surface area contributed by atoms with Gasteiger partial charge in [-0.25, -0.2) is 0 Å². The molecule has 0 radical (unpaired) electrons. The topological polar surface area (TPSA) is 95.5 Å². The van der Waals surface area contributed by atoms with E-state index < -0.39 is 16.5 Å². The average molecular weight is 216 g/mol. The molecule has 0 aromatic heterocycles. The van der Waals surface area contributed by atoms with E-state index in [-0.39, 0.29) is 13.1 Å². The zero-order valence-electron chi connectivity index (χ0n) is 8.61. The molecule has 1 saturated carbocycles. The molecule has 1 fully saturated rings. The van der Waals surface area contributed by atoms with Gasteiger partial charge in [-0.15, -0.1) is 0 Å². The van der Waals surface area contributed by atoms with Crippen molar-refractivity contribution in [3.63, 3.8) is 0 Å². The van der Waals surface area contributed by atoms with Gasteiger partial charge >= 0.3 is 5.97 Å². The minimum absolute atomic E-state index is 0.223. The van der Waals surface area contributed by atoms with Crippen molar-refractivity contribution in [2.75, 3.05) is 13.1 Å². The molecule has 15 heavy (non-hydrogen) atoms. The Morgan fingerprint density at radius 3 is 2.47 bits per heavy atom. The summed E-state index contributed by atoms with van der Waals surface area (Å²) >= 11 is 0. The number of hydrogen-bond acceptors (Lipinski definition) is 5. The van der Waals surface area contributed by atoms with Crippen molar-refractivity contribution in [2.24, 2.45) is 5.73 Å². The number of nitro groups is 1. The van der Waals surface area contributed by atoms with Crippen molar-refractivity contribution < 1.29 is 14.5 Å². The Morgan fingerprint density at radius 1 is 1.40 bits per heavy atom. The lowest BCUT2D eigenvalue weighted by atomic mass is 9.84. The van der Waals surface area contributed by atoms with Gasteiger partial charge in [-0.2, -0.15) is 0 Å². The van der Waals surface area contributed by atoms with Crippen LogP contribution in [0.5, 0.6) is 0 Å². The second-order valence-electron chi connectivity index (χ2n) is 3.91. The lowest BCUT2D eigenvalue weighted by Gasteiger charge is -2.32. The highest BCUT2D eigenvalue weighted by Crippen LogP contribution is 2.31. The van der Waals surface area contributed by atoms with E-state index >= 15 is 0 Å². The second kappa shape index (κ2) is 5.06. The molecule has 0 bridgehead atoms. The molecule has 0 amide bonds. The van der Waals surface area contributed by atoms with Crippen molar-refractivity contribution in [1.29, 1.82) is 0 Å². The maximum atomic E-state index is 11.1. The summed E-state index contributed by atoms with van der Waals surface area (Å²) in [7, 11) is 0. The Bertz CT molecular complexity index is 248. The van der Waals surface area contributed by atoms with Crippen molar-refractivity contribution in [1.82, 2.24) is 0 Å². The Labute approximate surface area is 87.9 Å². The van der Waals surface area contributed by atoms with Gasteiger partial charge in [-0.3, -0.25) is 14.9 Å². The van der Waals surface area contributed by atoms with Gasteiger partial charge in [0.1, 0.15) is 0 Å². The summed E-state index contributed by atoms with van der Waals surface area (Å²) in [5.41, 5.74) is 4.23. The van der Waals surface area contributed by atoms with Gasteiger partial charge in [0.2, 0.25) is 6.54 Å². The fourth-order valence-corrected chi connectivity index (χ4v) is 2.01. The standard InChI is InChI=1S/C9H16N2O4/c10-6-8(12)15-9(7-11(13)14)4-2-1-3-5-9/h1-7,10H2. The summed E-state index contributed by atoms with van der Waals surface area (Å²) in [6.07, 6.45) is 3.91. The molecule has 0 unspecified atom stereocenters. The smallest absolute Gasteiger partial charge is 0.320 e. The third kappa shape index (κ3) is 3.47. The number of esters is 1. The Hall–Kier alpha value is -1.17. The highest BCUT2D eigenvalue weighted by atomic mass is 16.6. The second-order valence-corrected chi connectivity index (χ2v) is 3.91. The minimum atomic E-state index is -0.905. The van der Waals surface area contributed by atoms with Gasteiger partial charge in [-0.05, 0) is 25.7 Å². The van der Waals surface area contributed by atoms with Crippen LogP contribution in [0.2, 0.25) is 0 Å². The lowest BCUT2D eigenvalue weighted by Crippen LogP contribution is -2.44. The largest absolute Gasteiger partial charge is 0.451 e. The quantitative estimate of drug-likeness (QED) is 0.418. The first-order valence-corrected chi connectivity index (χ1v) is 5.12. The summed E-state index contributed by atoms with van der Waals surface area (Å²) in [5, 5.41) is 10.5. The van der Waals surface area contributed by atoms with Gasteiger partial charge in [0, 0.05) is 4.92 Å². The van der Waals surface area contributed by atoms with Gasteiger partial charge in [-0.1, -0.05) is 6.42 Å². The van der Waals surface area contributed by atoms with E-state index in [1.54, 1.807) is 0 Å². The highest BCUT2D eigenvalue weighted by Gasteiger charge is 2.40. The van der Waals surface area contributed by atoms with Gasteiger partial charge < -0.3 is 10.5 Å². The van der Waals surface area contributed by atoms with Crippen molar-refractivity contribution in [3.8, 4) is 0 Å². The molecular weight excluding hydrogens is 200 g/mol. The van der Waals surface area contributed by atoms with E-state index in [2.05, 4.69) is 0 Å². The van der Waals surface area contributed by atoms with E-state index in [0.29, 0.717) is 12.8 Å². The van der Waals surface area contributed by atoms with E-state index in [0.717, 1.165) is 19.3 Å². The van der Waals surface area contributed by atoms with Crippen LogP contribution in [-0.2, 0) is 9.53 Å². The zero-order valence-corrected chi connectivity index (χ0v) is 8.61. The maximum absolute atomic E-state index is 11.1. The lowest BCUT2D eigenvalue weighted by molar-refractivity contribution is -0.501. The first-order chi connectivity index (χ1) is 7.08. The molecule has 0 heterocycles.